The number of rotatable bonds is 3. The van der Waals surface area contributed by atoms with Gasteiger partial charge in [0.1, 0.15) is 5.50 Å². The summed E-state index contributed by atoms with van der Waals surface area (Å²) in [7, 11) is 0. The van der Waals surface area contributed by atoms with E-state index in [1.165, 1.54) is 11.0 Å². The van der Waals surface area contributed by atoms with E-state index in [0.29, 0.717) is 5.56 Å². The van der Waals surface area contributed by atoms with Crippen molar-refractivity contribution in [3.63, 3.8) is 0 Å². The monoisotopic (exact) mass is 277 g/mol. The Morgan fingerprint density at radius 2 is 2.11 bits per heavy atom. The summed E-state index contributed by atoms with van der Waals surface area (Å²) in [6.45, 7) is 1.90. The molecule has 1 atom stereocenters. The summed E-state index contributed by atoms with van der Waals surface area (Å²) < 4.78 is 0. The first kappa shape index (κ1) is 13.5. The third-order valence-electron chi connectivity index (χ3n) is 2.72. The quantitative estimate of drug-likeness (QED) is 0.720. The van der Waals surface area contributed by atoms with Gasteiger partial charge in [-0.25, -0.2) is 0 Å². The van der Waals surface area contributed by atoms with E-state index < -0.39 is 5.50 Å². The first-order valence-electron chi connectivity index (χ1n) is 5.84. The van der Waals surface area contributed by atoms with Crippen LogP contribution in [-0.2, 0) is 4.79 Å². The minimum atomic E-state index is -0.437. The van der Waals surface area contributed by atoms with Crippen LogP contribution in [-0.4, -0.2) is 28.9 Å². The highest BCUT2D eigenvalue weighted by Crippen LogP contribution is 2.10. The highest BCUT2D eigenvalue weighted by Gasteiger charge is 2.23. The van der Waals surface area contributed by atoms with Crippen LogP contribution in [0, 0.1) is 0 Å². The smallest absolute Gasteiger partial charge is 0.252 e. The number of benzene rings is 1. The Labute approximate surface area is 117 Å². The number of nitrogens with one attached hydrogen (secondary N) is 2. The van der Waals surface area contributed by atoms with Gasteiger partial charge < -0.3 is 10.6 Å². The van der Waals surface area contributed by atoms with Crippen molar-refractivity contribution >= 4 is 24.4 Å². The number of hydrogen-bond acceptors (Lipinski definition) is 4. The third kappa shape index (κ3) is 3.29. The van der Waals surface area contributed by atoms with Gasteiger partial charge in [-0.3, -0.25) is 14.5 Å². The molecule has 0 aromatic heterocycles. The van der Waals surface area contributed by atoms with Crippen molar-refractivity contribution in [2.45, 2.75) is 12.4 Å². The van der Waals surface area contributed by atoms with Gasteiger partial charge in [0.2, 0.25) is 0 Å². The first-order chi connectivity index (χ1) is 9.08. The fraction of sp³-hybridized carbons (Fsp3) is 0.231. The number of thiol groups is 1. The van der Waals surface area contributed by atoms with Crippen LogP contribution in [0.25, 0.3) is 0 Å². The van der Waals surface area contributed by atoms with Gasteiger partial charge >= 0.3 is 0 Å². The van der Waals surface area contributed by atoms with E-state index in [2.05, 4.69) is 23.3 Å². The largest absolute Gasteiger partial charge is 0.360 e. The Kier molecular flexibility index (Phi) is 4.11. The third-order valence-corrected chi connectivity index (χ3v) is 3.13. The maximum Gasteiger partial charge on any atom is 0.252 e. The Hall–Kier alpha value is -1.95. The van der Waals surface area contributed by atoms with E-state index in [-0.39, 0.29) is 18.5 Å². The predicted octanol–water partition coefficient (Wildman–Crippen LogP) is 0.923. The number of carbonyl (C=O) groups is 2. The van der Waals surface area contributed by atoms with Gasteiger partial charge in [-0.15, -0.1) is 12.6 Å². The minimum Gasteiger partial charge on any atom is -0.360 e. The van der Waals surface area contributed by atoms with Gasteiger partial charge in [0, 0.05) is 17.3 Å². The Bertz CT molecular complexity index is 516. The van der Waals surface area contributed by atoms with Gasteiger partial charge in [-0.1, -0.05) is 18.2 Å². The molecular formula is C13H15N3O2S. The molecule has 1 aliphatic rings. The van der Waals surface area contributed by atoms with Crippen molar-refractivity contribution in [3.05, 3.63) is 47.7 Å². The van der Waals surface area contributed by atoms with E-state index >= 15 is 0 Å². The fourth-order valence-electron chi connectivity index (χ4n) is 1.72. The SMILES string of the molecule is CC1=CC(=O)N(CNC(=O)c2ccccc2)C(S)N1. The van der Waals surface area contributed by atoms with Gasteiger partial charge in [-0.2, -0.15) is 0 Å². The number of nitrogens with zero attached hydrogens (tertiary/aromatic N) is 1. The number of amides is 2. The Balaban J connectivity index is 1.96. The normalized spacial score (nSPS) is 18.6. The fourth-order valence-corrected chi connectivity index (χ4v) is 2.12. The summed E-state index contributed by atoms with van der Waals surface area (Å²) in [5.41, 5.74) is 0.881. The number of allylic oxidation sites excluding steroid dienone is 1. The molecule has 0 spiro atoms. The van der Waals surface area contributed by atoms with E-state index in [9.17, 15) is 9.59 Å². The summed E-state index contributed by atoms with van der Waals surface area (Å²) in [6.07, 6.45) is 1.47. The van der Waals surface area contributed by atoms with Crippen LogP contribution >= 0.6 is 12.6 Å². The van der Waals surface area contributed by atoms with Crippen LogP contribution in [0.4, 0.5) is 0 Å². The van der Waals surface area contributed by atoms with Crippen molar-refractivity contribution in [2.75, 3.05) is 6.67 Å². The molecule has 1 aromatic carbocycles. The molecule has 0 saturated carbocycles. The maximum atomic E-state index is 11.9. The molecular weight excluding hydrogens is 262 g/mol. The molecule has 2 N–H and O–H groups in total. The highest BCUT2D eigenvalue weighted by atomic mass is 32.1. The van der Waals surface area contributed by atoms with Crippen LogP contribution in [0.2, 0.25) is 0 Å². The van der Waals surface area contributed by atoms with Crippen LogP contribution < -0.4 is 10.6 Å². The highest BCUT2D eigenvalue weighted by molar-refractivity contribution is 7.80. The average molecular weight is 277 g/mol. The van der Waals surface area contributed by atoms with E-state index in [1.54, 1.807) is 31.2 Å². The summed E-state index contributed by atoms with van der Waals surface area (Å²) >= 11 is 4.27. The van der Waals surface area contributed by atoms with Gasteiger partial charge in [0.05, 0.1) is 6.67 Å². The van der Waals surface area contributed by atoms with E-state index in [0.717, 1.165) is 5.70 Å². The Morgan fingerprint density at radius 1 is 1.42 bits per heavy atom. The van der Waals surface area contributed by atoms with E-state index in [1.807, 2.05) is 6.07 Å². The topological polar surface area (TPSA) is 61.4 Å². The number of carbonyl (C=O) groups excluding carboxylic acids is 2. The molecule has 1 heterocycles. The molecule has 0 fully saturated rings. The van der Waals surface area contributed by atoms with Crippen molar-refractivity contribution in [3.8, 4) is 0 Å². The van der Waals surface area contributed by atoms with Crippen molar-refractivity contribution in [1.82, 2.24) is 15.5 Å². The molecule has 1 unspecified atom stereocenters. The Morgan fingerprint density at radius 3 is 2.74 bits per heavy atom. The van der Waals surface area contributed by atoms with Crippen molar-refractivity contribution < 1.29 is 9.59 Å². The molecule has 2 amide bonds. The summed E-state index contributed by atoms with van der Waals surface area (Å²) in [5, 5.41) is 5.69. The molecule has 1 aliphatic heterocycles. The van der Waals surface area contributed by atoms with E-state index in [4.69, 9.17) is 0 Å². The second kappa shape index (κ2) is 5.79. The molecule has 5 nitrogen and oxygen atoms in total. The molecule has 0 saturated heterocycles. The lowest BCUT2D eigenvalue weighted by atomic mass is 10.2. The van der Waals surface area contributed by atoms with Crippen LogP contribution in [0.1, 0.15) is 17.3 Å². The lowest BCUT2D eigenvalue weighted by molar-refractivity contribution is -0.128. The zero-order valence-electron chi connectivity index (χ0n) is 10.5. The van der Waals surface area contributed by atoms with Crippen molar-refractivity contribution in [1.29, 1.82) is 0 Å². The van der Waals surface area contributed by atoms with Gasteiger partial charge in [0.25, 0.3) is 11.8 Å². The summed E-state index contributed by atoms with van der Waals surface area (Å²) in [4.78, 5) is 25.1. The molecule has 100 valence electrons. The maximum absolute atomic E-state index is 11.9. The number of hydrogen-bond donors (Lipinski definition) is 3. The first-order valence-corrected chi connectivity index (χ1v) is 6.36. The zero-order valence-corrected chi connectivity index (χ0v) is 11.4. The van der Waals surface area contributed by atoms with Gasteiger partial charge in [0.15, 0.2) is 0 Å². The standard InChI is InChI=1S/C13H15N3O2S/c1-9-7-11(17)16(13(19)15-9)8-14-12(18)10-5-3-2-4-6-10/h2-7,13,15,19H,8H2,1H3,(H,14,18). The molecule has 0 aliphatic carbocycles. The average Bonchev–Trinajstić information content (AvgIpc) is 2.38. The molecule has 1 aromatic rings. The van der Waals surface area contributed by atoms with Crippen LogP contribution in [0.15, 0.2) is 42.1 Å². The molecule has 6 heteroatoms. The molecule has 0 radical (unpaired) electrons. The van der Waals surface area contributed by atoms with Gasteiger partial charge in [-0.05, 0) is 19.1 Å². The summed E-state index contributed by atoms with van der Waals surface area (Å²) in [5.74, 6) is -0.398. The summed E-state index contributed by atoms with van der Waals surface area (Å²) in [6, 6.07) is 8.85. The van der Waals surface area contributed by atoms with Crippen LogP contribution in [0.5, 0.6) is 0 Å². The molecule has 0 bridgehead atoms. The second-order valence-electron chi connectivity index (χ2n) is 4.18. The lowest BCUT2D eigenvalue weighted by Gasteiger charge is -2.32. The lowest BCUT2D eigenvalue weighted by Crippen LogP contribution is -2.52. The van der Waals surface area contributed by atoms with Crippen molar-refractivity contribution in [2.24, 2.45) is 0 Å². The molecule has 2 rings (SSSR count). The predicted molar refractivity (Wildman–Crippen MR) is 75.3 cm³/mol. The zero-order chi connectivity index (χ0) is 13.8. The van der Waals surface area contributed by atoms with Crippen LogP contribution in [0.3, 0.4) is 0 Å². The molecule has 19 heavy (non-hydrogen) atoms. The second-order valence-corrected chi connectivity index (χ2v) is 4.67. The minimum absolute atomic E-state index is 0.109.